The molecule has 6 nitrogen and oxygen atoms in total. The first-order chi connectivity index (χ1) is 14.3. The van der Waals surface area contributed by atoms with Gasteiger partial charge in [0, 0.05) is 30.2 Å². The standard InChI is InChI=1S/C23H25N3O3/c27-23(24-10-9-17-15-25-19-5-2-1-4-18(17)19)26-11-3-6-20(26)16-7-8-21-22(14-16)29-13-12-28-21/h1-2,4-5,7-8,14-15,20,25H,3,6,9-13H2,(H,24,27). The van der Waals surface area contributed by atoms with Crippen molar-refractivity contribution in [3.05, 3.63) is 59.8 Å². The molecule has 1 unspecified atom stereocenters. The highest BCUT2D eigenvalue weighted by atomic mass is 16.6. The van der Waals surface area contributed by atoms with Gasteiger partial charge >= 0.3 is 6.03 Å². The summed E-state index contributed by atoms with van der Waals surface area (Å²) in [7, 11) is 0. The number of carbonyl (C=O) groups excluding carboxylic acids is 1. The van der Waals surface area contributed by atoms with Gasteiger partial charge in [0.25, 0.3) is 0 Å². The second-order valence-electron chi connectivity index (χ2n) is 7.60. The number of H-pyrrole nitrogens is 1. The Morgan fingerprint density at radius 2 is 2.00 bits per heavy atom. The molecule has 2 aliphatic rings. The van der Waals surface area contributed by atoms with E-state index in [1.54, 1.807) is 0 Å². The normalized spacial score (nSPS) is 18.2. The van der Waals surface area contributed by atoms with Crippen molar-refractivity contribution in [2.45, 2.75) is 25.3 Å². The first kappa shape index (κ1) is 17.9. The van der Waals surface area contributed by atoms with E-state index in [0.717, 1.165) is 48.4 Å². The van der Waals surface area contributed by atoms with E-state index >= 15 is 0 Å². The molecule has 0 radical (unpaired) electrons. The van der Waals surface area contributed by atoms with Crippen molar-refractivity contribution in [2.24, 2.45) is 0 Å². The minimum atomic E-state index is 0.00207. The number of hydrogen-bond acceptors (Lipinski definition) is 3. The number of fused-ring (bicyclic) bond motifs is 2. The number of nitrogens with zero attached hydrogens (tertiary/aromatic N) is 1. The lowest BCUT2D eigenvalue weighted by Crippen LogP contribution is -2.40. The molecule has 1 atom stereocenters. The third-order valence-electron chi connectivity index (χ3n) is 5.81. The predicted octanol–water partition coefficient (Wildman–Crippen LogP) is 4.03. The van der Waals surface area contributed by atoms with Gasteiger partial charge in [0.2, 0.25) is 0 Å². The summed E-state index contributed by atoms with van der Waals surface area (Å²) in [5.74, 6) is 1.56. The fraction of sp³-hybridized carbons (Fsp3) is 0.348. The maximum absolute atomic E-state index is 12.9. The summed E-state index contributed by atoms with van der Waals surface area (Å²) in [5, 5.41) is 4.33. The number of carbonyl (C=O) groups is 1. The molecule has 0 spiro atoms. The lowest BCUT2D eigenvalue weighted by Gasteiger charge is -2.27. The number of aromatic amines is 1. The Labute approximate surface area is 169 Å². The Morgan fingerprint density at radius 1 is 1.14 bits per heavy atom. The zero-order valence-electron chi connectivity index (χ0n) is 16.3. The zero-order valence-corrected chi connectivity index (χ0v) is 16.3. The smallest absolute Gasteiger partial charge is 0.317 e. The van der Waals surface area contributed by atoms with Gasteiger partial charge in [0.05, 0.1) is 6.04 Å². The van der Waals surface area contributed by atoms with Gasteiger partial charge in [-0.15, -0.1) is 0 Å². The number of benzene rings is 2. The maximum atomic E-state index is 12.9. The van der Waals surface area contributed by atoms with Crippen molar-refractivity contribution in [3.63, 3.8) is 0 Å². The fourth-order valence-corrected chi connectivity index (χ4v) is 4.37. The highest BCUT2D eigenvalue weighted by molar-refractivity contribution is 5.83. The maximum Gasteiger partial charge on any atom is 0.317 e. The lowest BCUT2D eigenvalue weighted by molar-refractivity contribution is 0.170. The molecule has 1 aromatic heterocycles. The lowest BCUT2D eigenvalue weighted by atomic mass is 10.0. The monoisotopic (exact) mass is 391 g/mol. The number of likely N-dealkylation sites (tertiary alicyclic amines) is 1. The van der Waals surface area contributed by atoms with E-state index < -0.39 is 0 Å². The predicted molar refractivity (Wildman–Crippen MR) is 112 cm³/mol. The van der Waals surface area contributed by atoms with Gasteiger partial charge in [-0.05, 0) is 48.6 Å². The average Bonchev–Trinajstić information content (AvgIpc) is 3.41. The third kappa shape index (κ3) is 3.50. The molecule has 2 amide bonds. The van der Waals surface area contributed by atoms with E-state index in [4.69, 9.17) is 9.47 Å². The Balaban J connectivity index is 1.23. The van der Waals surface area contributed by atoms with E-state index in [1.165, 1.54) is 10.9 Å². The molecular formula is C23H25N3O3. The van der Waals surface area contributed by atoms with Crippen LogP contribution in [0.2, 0.25) is 0 Å². The fourth-order valence-electron chi connectivity index (χ4n) is 4.37. The summed E-state index contributed by atoms with van der Waals surface area (Å²) in [5.41, 5.74) is 3.47. The van der Waals surface area contributed by atoms with Crippen molar-refractivity contribution in [1.82, 2.24) is 15.2 Å². The highest BCUT2D eigenvalue weighted by Gasteiger charge is 2.30. The molecule has 29 heavy (non-hydrogen) atoms. The van der Waals surface area contributed by atoms with E-state index in [-0.39, 0.29) is 12.1 Å². The van der Waals surface area contributed by atoms with E-state index in [2.05, 4.69) is 28.5 Å². The molecular weight excluding hydrogens is 366 g/mol. The summed E-state index contributed by atoms with van der Waals surface area (Å²) >= 11 is 0. The minimum Gasteiger partial charge on any atom is -0.486 e. The second-order valence-corrected chi connectivity index (χ2v) is 7.60. The first-order valence-electron chi connectivity index (χ1n) is 10.3. The molecule has 3 heterocycles. The first-order valence-corrected chi connectivity index (χ1v) is 10.3. The Bertz CT molecular complexity index is 1030. The number of rotatable bonds is 4. The van der Waals surface area contributed by atoms with E-state index in [0.29, 0.717) is 19.8 Å². The molecule has 1 saturated heterocycles. The van der Waals surface area contributed by atoms with Crippen LogP contribution in [0.15, 0.2) is 48.7 Å². The van der Waals surface area contributed by atoms with E-state index in [1.807, 2.05) is 35.4 Å². The second kappa shape index (κ2) is 7.70. The van der Waals surface area contributed by atoms with Crippen LogP contribution >= 0.6 is 0 Å². The summed E-state index contributed by atoms with van der Waals surface area (Å²) in [6, 6.07) is 14.4. The molecule has 2 aliphatic heterocycles. The molecule has 2 aromatic carbocycles. The Hall–Kier alpha value is -3.15. The molecule has 2 N–H and O–H groups in total. The summed E-state index contributed by atoms with van der Waals surface area (Å²) in [4.78, 5) is 18.1. The SMILES string of the molecule is O=C(NCCc1c[nH]c2ccccc12)N1CCCC1c1ccc2c(c1)OCCO2. The number of urea groups is 1. The Morgan fingerprint density at radius 3 is 2.93 bits per heavy atom. The van der Waals surface area contributed by atoms with E-state index in [9.17, 15) is 4.79 Å². The van der Waals surface area contributed by atoms with Gasteiger partial charge in [-0.1, -0.05) is 24.3 Å². The van der Waals surface area contributed by atoms with Crippen LogP contribution in [0, 0.1) is 0 Å². The largest absolute Gasteiger partial charge is 0.486 e. The minimum absolute atomic E-state index is 0.00207. The van der Waals surface area contributed by atoms with Crippen molar-refractivity contribution in [3.8, 4) is 11.5 Å². The molecule has 0 saturated carbocycles. The van der Waals surface area contributed by atoms with Gasteiger partial charge in [-0.2, -0.15) is 0 Å². The number of nitrogens with one attached hydrogen (secondary N) is 2. The molecule has 1 fully saturated rings. The van der Waals surface area contributed by atoms with Gasteiger partial charge in [-0.3, -0.25) is 0 Å². The molecule has 150 valence electrons. The quantitative estimate of drug-likeness (QED) is 0.706. The van der Waals surface area contributed by atoms with Crippen LogP contribution in [0.5, 0.6) is 11.5 Å². The van der Waals surface area contributed by atoms with Crippen molar-refractivity contribution < 1.29 is 14.3 Å². The van der Waals surface area contributed by atoms with Crippen molar-refractivity contribution in [2.75, 3.05) is 26.3 Å². The molecule has 0 aliphatic carbocycles. The molecule has 3 aromatic rings. The van der Waals surface area contributed by atoms with Crippen LogP contribution in [0.4, 0.5) is 4.79 Å². The summed E-state index contributed by atoms with van der Waals surface area (Å²) in [6.07, 6.45) is 4.81. The Kier molecular flexibility index (Phi) is 4.76. The number of amides is 2. The molecule has 0 bridgehead atoms. The van der Waals surface area contributed by atoms with Gasteiger partial charge in [-0.25, -0.2) is 4.79 Å². The summed E-state index contributed by atoms with van der Waals surface area (Å²) in [6.45, 7) is 2.54. The van der Waals surface area contributed by atoms with Crippen LogP contribution in [-0.2, 0) is 6.42 Å². The van der Waals surface area contributed by atoms with Crippen LogP contribution in [0.25, 0.3) is 10.9 Å². The molecule has 5 rings (SSSR count). The number of hydrogen-bond donors (Lipinski definition) is 2. The zero-order chi connectivity index (χ0) is 19.6. The highest BCUT2D eigenvalue weighted by Crippen LogP contribution is 2.38. The topological polar surface area (TPSA) is 66.6 Å². The average molecular weight is 391 g/mol. The number of para-hydroxylation sites is 1. The van der Waals surface area contributed by atoms with Crippen LogP contribution < -0.4 is 14.8 Å². The molecule has 6 heteroatoms. The third-order valence-corrected chi connectivity index (χ3v) is 5.81. The van der Waals surface area contributed by atoms with Crippen LogP contribution in [0.3, 0.4) is 0 Å². The van der Waals surface area contributed by atoms with Crippen LogP contribution in [0.1, 0.15) is 30.0 Å². The van der Waals surface area contributed by atoms with Crippen LogP contribution in [-0.4, -0.2) is 42.2 Å². The van der Waals surface area contributed by atoms with Crippen molar-refractivity contribution in [1.29, 1.82) is 0 Å². The van der Waals surface area contributed by atoms with Crippen molar-refractivity contribution >= 4 is 16.9 Å². The van der Waals surface area contributed by atoms with Gasteiger partial charge in [0.1, 0.15) is 13.2 Å². The summed E-state index contributed by atoms with van der Waals surface area (Å²) < 4.78 is 11.3. The van der Waals surface area contributed by atoms with Gasteiger partial charge in [0.15, 0.2) is 11.5 Å². The number of aromatic nitrogens is 1. The number of ether oxygens (including phenoxy) is 2. The van der Waals surface area contributed by atoms with Gasteiger partial charge < -0.3 is 24.7 Å².